The summed E-state index contributed by atoms with van der Waals surface area (Å²) in [6, 6.07) is 0. The lowest BCUT2D eigenvalue weighted by molar-refractivity contribution is -0.136. The minimum absolute atomic E-state index is 0.00553. The highest BCUT2D eigenvalue weighted by molar-refractivity contribution is 6.02. The zero-order valence-electron chi connectivity index (χ0n) is 16.3. The minimum atomic E-state index is -0.404. The topological polar surface area (TPSA) is 82.7 Å². The van der Waals surface area contributed by atoms with E-state index in [9.17, 15) is 14.4 Å². The van der Waals surface area contributed by atoms with Gasteiger partial charge in [0.15, 0.2) is 5.78 Å². The molecule has 1 aromatic heterocycles. The SMILES string of the molecule is CCOC(=O)c1c(C)[nH]c(C(=O)CN2CCN(C(=O)C(C)C)CC2)c1C. The number of ketones is 1. The molecule has 0 radical (unpaired) electrons. The first-order chi connectivity index (χ1) is 12.3. The first-order valence-electron chi connectivity index (χ1n) is 9.16. The molecule has 144 valence electrons. The van der Waals surface area contributed by atoms with Gasteiger partial charge in [-0.15, -0.1) is 0 Å². The maximum absolute atomic E-state index is 12.7. The Labute approximate surface area is 154 Å². The molecule has 1 aliphatic rings. The summed E-state index contributed by atoms with van der Waals surface area (Å²) in [5, 5.41) is 0. The first-order valence-corrected chi connectivity index (χ1v) is 9.16. The Balaban J connectivity index is 2.00. The summed E-state index contributed by atoms with van der Waals surface area (Å²) in [5.74, 6) is -0.302. The number of carbonyl (C=O) groups is 3. The molecule has 1 saturated heterocycles. The van der Waals surface area contributed by atoms with Crippen molar-refractivity contribution >= 4 is 17.7 Å². The van der Waals surface area contributed by atoms with Crippen molar-refractivity contribution in [1.29, 1.82) is 0 Å². The number of carbonyl (C=O) groups excluding carboxylic acids is 3. The van der Waals surface area contributed by atoms with E-state index in [0.29, 0.717) is 55.3 Å². The molecule has 1 N–H and O–H groups in total. The third-order valence-electron chi connectivity index (χ3n) is 4.74. The standard InChI is InChI=1S/C19H29N3O4/c1-6-26-19(25)16-13(4)17(20-14(16)5)15(23)11-21-7-9-22(10-8-21)18(24)12(2)3/h12,20H,6-11H2,1-5H3. The van der Waals surface area contributed by atoms with E-state index in [1.54, 1.807) is 20.8 Å². The summed E-state index contributed by atoms with van der Waals surface area (Å²) in [4.78, 5) is 43.8. The summed E-state index contributed by atoms with van der Waals surface area (Å²) < 4.78 is 5.07. The fourth-order valence-electron chi connectivity index (χ4n) is 3.31. The van der Waals surface area contributed by atoms with Crippen LogP contribution >= 0.6 is 0 Å². The first kappa shape index (κ1) is 20.2. The van der Waals surface area contributed by atoms with Crippen LogP contribution < -0.4 is 0 Å². The summed E-state index contributed by atoms with van der Waals surface area (Å²) in [6.45, 7) is 12.3. The Morgan fingerprint density at radius 3 is 2.27 bits per heavy atom. The molecule has 2 rings (SSSR count). The highest BCUT2D eigenvalue weighted by Gasteiger charge is 2.27. The number of esters is 1. The van der Waals surface area contributed by atoms with E-state index in [4.69, 9.17) is 4.74 Å². The van der Waals surface area contributed by atoms with E-state index in [0.717, 1.165) is 0 Å². The second-order valence-corrected chi connectivity index (χ2v) is 7.02. The Hall–Kier alpha value is -2.15. The lowest BCUT2D eigenvalue weighted by atomic mass is 10.1. The van der Waals surface area contributed by atoms with E-state index in [1.807, 2.05) is 23.6 Å². The number of H-pyrrole nitrogens is 1. The Bertz CT molecular complexity index is 685. The normalized spacial score (nSPS) is 15.4. The number of rotatable bonds is 6. The van der Waals surface area contributed by atoms with Gasteiger partial charge in [0.05, 0.1) is 24.4 Å². The third kappa shape index (κ3) is 4.33. The monoisotopic (exact) mass is 363 g/mol. The van der Waals surface area contributed by atoms with Crippen molar-refractivity contribution in [1.82, 2.24) is 14.8 Å². The molecule has 26 heavy (non-hydrogen) atoms. The minimum Gasteiger partial charge on any atom is -0.462 e. The molecule has 2 heterocycles. The molecule has 0 bridgehead atoms. The number of aryl methyl sites for hydroxylation is 1. The number of nitrogens with one attached hydrogen (secondary N) is 1. The van der Waals surface area contributed by atoms with Crippen molar-refractivity contribution < 1.29 is 19.1 Å². The van der Waals surface area contributed by atoms with E-state index >= 15 is 0 Å². The molecule has 7 heteroatoms. The lowest BCUT2D eigenvalue weighted by Gasteiger charge is -2.35. The average Bonchev–Trinajstić information content (AvgIpc) is 2.89. The maximum Gasteiger partial charge on any atom is 0.340 e. The van der Waals surface area contributed by atoms with Crippen LogP contribution in [0.2, 0.25) is 0 Å². The summed E-state index contributed by atoms with van der Waals surface area (Å²) >= 11 is 0. The van der Waals surface area contributed by atoms with Gasteiger partial charge < -0.3 is 14.6 Å². The zero-order chi connectivity index (χ0) is 19.4. The molecule has 1 amide bonds. The van der Waals surface area contributed by atoms with Crippen molar-refractivity contribution in [2.24, 2.45) is 5.92 Å². The van der Waals surface area contributed by atoms with Gasteiger partial charge in [0.25, 0.3) is 0 Å². The van der Waals surface area contributed by atoms with Gasteiger partial charge in [-0.3, -0.25) is 14.5 Å². The van der Waals surface area contributed by atoms with Crippen LogP contribution in [0, 0.1) is 19.8 Å². The Kier molecular flexibility index (Phi) is 6.58. The molecule has 0 atom stereocenters. The third-order valence-corrected chi connectivity index (χ3v) is 4.74. The van der Waals surface area contributed by atoms with Crippen LogP contribution in [0.4, 0.5) is 0 Å². The fourth-order valence-corrected chi connectivity index (χ4v) is 3.31. The van der Waals surface area contributed by atoms with Crippen molar-refractivity contribution in [3.8, 4) is 0 Å². The molecule has 1 fully saturated rings. The number of ether oxygens (including phenoxy) is 1. The van der Waals surface area contributed by atoms with Crippen LogP contribution in [0.1, 0.15) is 52.9 Å². The van der Waals surface area contributed by atoms with Crippen LogP contribution in [0.5, 0.6) is 0 Å². The van der Waals surface area contributed by atoms with Crippen LogP contribution in [0.15, 0.2) is 0 Å². The number of amides is 1. The molecule has 0 aliphatic carbocycles. The number of aromatic nitrogens is 1. The van der Waals surface area contributed by atoms with Gasteiger partial charge in [0.2, 0.25) is 5.91 Å². The van der Waals surface area contributed by atoms with Crippen LogP contribution in [0.25, 0.3) is 0 Å². The highest BCUT2D eigenvalue weighted by atomic mass is 16.5. The Morgan fingerprint density at radius 1 is 1.12 bits per heavy atom. The number of hydrogen-bond donors (Lipinski definition) is 1. The van der Waals surface area contributed by atoms with E-state index < -0.39 is 5.97 Å². The van der Waals surface area contributed by atoms with Crippen LogP contribution in [-0.2, 0) is 9.53 Å². The maximum atomic E-state index is 12.7. The predicted molar refractivity (Wildman–Crippen MR) is 98.4 cm³/mol. The Morgan fingerprint density at radius 2 is 1.73 bits per heavy atom. The largest absolute Gasteiger partial charge is 0.462 e. The molecule has 0 saturated carbocycles. The highest BCUT2D eigenvalue weighted by Crippen LogP contribution is 2.20. The van der Waals surface area contributed by atoms with Crippen molar-refractivity contribution in [3.63, 3.8) is 0 Å². The summed E-state index contributed by atoms with van der Waals surface area (Å²) in [5.41, 5.74) is 2.20. The second-order valence-electron chi connectivity index (χ2n) is 7.02. The van der Waals surface area contributed by atoms with E-state index in [-0.39, 0.29) is 24.2 Å². The molecule has 1 aromatic rings. The number of hydrogen-bond acceptors (Lipinski definition) is 5. The number of aromatic amines is 1. The molecule has 0 unspecified atom stereocenters. The number of piperazine rings is 1. The van der Waals surface area contributed by atoms with Crippen LogP contribution in [0.3, 0.4) is 0 Å². The molecule has 1 aliphatic heterocycles. The lowest BCUT2D eigenvalue weighted by Crippen LogP contribution is -2.50. The van der Waals surface area contributed by atoms with Crippen LogP contribution in [-0.4, -0.2) is 71.8 Å². The number of Topliss-reactive ketones (excluding diaryl/α,β-unsaturated/α-hetero) is 1. The molecular formula is C19H29N3O4. The fraction of sp³-hybridized carbons (Fsp3) is 0.632. The van der Waals surface area contributed by atoms with Crippen molar-refractivity contribution in [3.05, 3.63) is 22.5 Å². The van der Waals surface area contributed by atoms with Crippen molar-refractivity contribution in [2.75, 3.05) is 39.3 Å². The van der Waals surface area contributed by atoms with Gasteiger partial charge in [-0.05, 0) is 26.3 Å². The average molecular weight is 363 g/mol. The van der Waals surface area contributed by atoms with Gasteiger partial charge >= 0.3 is 5.97 Å². The summed E-state index contributed by atoms with van der Waals surface area (Å²) in [6.07, 6.45) is 0. The van der Waals surface area contributed by atoms with Crippen molar-refractivity contribution in [2.45, 2.75) is 34.6 Å². The molecular weight excluding hydrogens is 334 g/mol. The van der Waals surface area contributed by atoms with Gasteiger partial charge in [-0.2, -0.15) is 0 Å². The quantitative estimate of drug-likeness (QED) is 0.615. The predicted octanol–water partition coefficient (Wildman–Crippen LogP) is 1.79. The summed E-state index contributed by atoms with van der Waals surface area (Å²) in [7, 11) is 0. The van der Waals surface area contributed by atoms with Gasteiger partial charge in [-0.25, -0.2) is 4.79 Å². The van der Waals surface area contributed by atoms with E-state index in [1.165, 1.54) is 0 Å². The van der Waals surface area contributed by atoms with Gasteiger partial charge in [-0.1, -0.05) is 13.8 Å². The molecule has 7 nitrogen and oxygen atoms in total. The zero-order valence-corrected chi connectivity index (χ0v) is 16.3. The van der Waals surface area contributed by atoms with Gasteiger partial charge in [0.1, 0.15) is 0 Å². The number of nitrogens with zero attached hydrogens (tertiary/aromatic N) is 2. The van der Waals surface area contributed by atoms with E-state index in [2.05, 4.69) is 4.98 Å². The molecule has 0 aromatic carbocycles. The second kappa shape index (κ2) is 8.49. The molecule has 0 spiro atoms. The smallest absolute Gasteiger partial charge is 0.340 e. The van der Waals surface area contributed by atoms with Gasteiger partial charge in [0, 0.05) is 37.8 Å².